The second-order valence-corrected chi connectivity index (χ2v) is 4.05. The van der Waals surface area contributed by atoms with E-state index in [1.807, 2.05) is 0 Å². The summed E-state index contributed by atoms with van der Waals surface area (Å²) >= 11 is 4.01. The summed E-state index contributed by atoms with van der Waals surface area (Å²) in [4.78, 5) is 22.5. The molecule has 1 atom stereocenters. The van der Waals surface area contributed by atoms with E-state index in [4.69, 9.17) is 9.47 Å². The quantitative estimate of drug-likeness (QED) is 0.548. The van der Waals surface area contributed by atoms with Crippen molar-refractivity contribution >= 4 is 24.5 Å². The lowest BCUT2D eigenvalue weighted by Crippen LogP contribution is -2.44. The van der Waals surface area contributed by atoms with Gasteiger partial charge in [-0.3, -0.25) is 4.79 Å². The van der Waals surface area contributed by atoms with Crippen LogP contribution in [-0.4, -0.2) is 43.0 Å². The molecule has 0 radical (unpaired) electrons. The van der Waals surface area contributed by atoms with Crippen LogP contribution in [-0.2, 0) is 19.1 Å². The Bertz CT molecular complexity index is 253. The van der Waals surface area contributed by atoms with Gasteiger partial charge in [-0.2, -0.15) is 12.6 Å². The van der Waals surface area contributed by atoms with Gasteiger partial charge in [0.05, 0.1) is 13.2 Å². The first-order valence-electron chi connectivity index (χ1n) is 5.29. The molecule has 1 aliphatic rings. The highest BCUT2D eigenvalue weighted by atomic mass is 32.1. The van der Waals surface area contributed by atoms with Crippen molar-refractivity contribution in [1.82, 2.24) is 5.32 Å². The summed E-state index contributed by atoms with van der Waals surface area (Å²) in [5, 5.41) is 2.50. The Kier molecular flexibility index (Phi) is 5.62. The molecule has 0 aromatic rings. The van der Waals surface area contributed by atoms with E-state index in [1.165, 1.54) is 6.92 Å². The van der Waals surface area contributed by atoms with Gasteiger partial charge in [0.1, 0.15) is 12.1 Å². The Morgan fingerprint density at radius 1 is 1.50 bits per heavy atom. The molecule has 0 unspecified atom stereocenters. The number of esters is 1. The third-order valence-corrected chi connectivity index (χ3v) is 2.66. The summed E-state index contributed by atoms with van der Waals surface area (Å²) in [7, 11) is 0. The molecule has 1 heterocycles. The van der Waals surface area contributed by atoms with Crippen molar-refractivity contribution in [2.24, 2.45) is 0 Å². The first-order valence-corrected chi connectivity index (χ1v) is 5.93. The van der Waals surface area contributed by atoms with E-state index in [9.17, 15) is 9.59 Å². The van der Waals surface area contributed by atoms with Crippen LogP contribution in [0.5, 0.6) is 0 Å². The zero-order valence-electron chi connectivity index (χ0n) is 9.27. The van der Waals surface area contributed by atoms with Gasteiger partial charge in [0.15, 0.2) is 0 Å². The van der Waals surface area contributed by atoms with Crippen molar-refractivity contribution in [2.45, 2.75) is 31.9 Å². The van der Waals surface area contributed by atoms with Crippen molar-refractivity contribution in [3.63, 3.8) is 0 Å². The zero-order valence-corrected chi connectivity index (χ0v) is 10.2. The fraction of sp³-hybridized carbons (Fsp3) is 0.800. The van der Waals surface area contributed by atoms with Crippen molar-refractivity contribution in [3.05, 3.63) is 0 Å². The van der Waals surface area contributed by atoms with Crippen molar-refractivity contribution in [3.8, 4) is 0 Å². The van der Waals surface area contributed by atoms with Gasteiger partial charge in [-0.15, -0.1) is 0 Å². The fourth-order valence-corrected chi connectivity index (χ4v) is 1.71. The van der Waals surface area contributed by atoms with Crippen molar-refractivity contribution < 1.29 is 19.1 Å². The second-order valence-electron chi connectivity index (χ2n) is 3.68. The monoisotopic (exact) mass is 247 g/mol. The number of thiol groups is 1. The molecule has 1 fully saturated rings. The minimum Gasteiger partial charge on any atom is -0.461 e. The number of carbonyl (C=O) groups is 2. The maximum absolute atomic E-state index is 11.7. The molecule has 0 aromatic heterocycles. The predicted molar refractivity (Wildman–Crippen MR) is 61.4 cm³/mol. The van der Waals surface area contributed by atoms with E-state index in [-0.39, 0.29) is 17.8 Å². The van der Waals surface area contributed by atoms with E-state index >= 15 is 0 Å². The van der Waals surface area contributed by atoms with Gasteiger partial charge in [-0.1, -0.05) is 0 Å². The molecular formula is C10H17NO4S. The summed E-state index contributed by atoms with van der Waals surface area (Å²) in [6, 6.07) is -0.663. The minimum atomic E-state index is -0.663. The molecule has 0 aromatic carbocycles. The highest BCUT2D eigenvalue weighted by Gasteiger charge is 2.24. The van der Waals surface area contributed by atoms with E-state index in [0.717, 1.165) is 0 Å². The molecule has 0 spiro atoms. The number of ether oxygens (including phenoxy) is 2. The van der Waals surface area contributed by atoms with Crippen LogP contribution < -0.4 is 5.32 Å². The molecule has 0 bridgehead atoms. The standard InChI is InChI=1S/C10H17NO4S/c1-7(12)11-9(6-16)10(13)15-8-2-4-14-5-3-8/h8-9,16H,2-6H2,1H3,(H,11,12)/t9-/m0/s1. The summed E-state index contributed by atoms with van der Waals surface area (Å²) < 4.78 is 10.4. The molecule has 92 valence electrons. The maximum atomic E-state index is 11.7. The second kappa shape index (κ2) is 6.75. The normalized spacial score (nSPS) is 18.9. The summed E-state index contributed by atoms with van der Waals surface area (Å²) in [6.07, 6.45) is 1.33. The van der Waals surface area contributed by atoms with E-state index < -0.39 is 12.0 Å². The molecule has 1 saturated heterocycles. The molecule has 5 nitrogen and oxygen atoms in total. The minimum absolute atomic E-state index is 0.0996. The molecule has 0 saturated carbocycles. The van der Waals surface area contributed by atoms with Gasteiger partial charge in [-0.25, -0.2) is 4.79 Å². The van der Waals surface area contributed by atoms with Crippen LogP contribution >= 0.6 is 12.6 Å². The Labute approximate surface area is 100 Å². The van der Waals surface area contributed by atoms with Crippen molar-refractivity contribution in [1.29, 1.82) is 0 Å². The SMILES string of the molecule is CC(=O)N[C@@H](CS)C(=O)OC1CCOCC1. The van der Waals surface area contributed by atoms with E-state index in [2.05, 4.69) is 17.9 Å². The smallest absolute Gasteiger partial charge is 0.329 e. The topological polar surface area (TPSA) is 64.6 Å². The number of carbonyl (C=O) groups excluding carboxylic acids is 2. The molecule has 1 amide bonds. The lowest BCUT2D eigenvalue weighted by atomic mass is 10.1. The molecule has 1 aliphatic heterocycles. The Balaban J connectivity index is 2.38. The van der Waals surface area contributed by atoms with Crippen molar-refractivity contribution in [2.75, 3.05) is 19.0 Å². The summed E-state index contributed by atoms with van der Waals surface area (Å²) in [5.74, 6) is -0.443. The summed E-state index contributed by atoms with van der Waals surface area (Å²) in [5.41, 5.74) is 0. The number of hydrogen-bond acceptors (Lipinski definition) is 5. The largest absolute Gasteiger partial charge is 0.461 e. The predicted octanol–water partition coefficient (Wildman–Crippen LogP) is 0.143. The summed E-state index contributed by atoms with van der Waals surface area (Å²) in [6.45, 7) is 2.59. The lowest BCUT2D eigenvalue weighted by molar-refractivity contribution is -0.156. The molecule has 1 rings (SSSR count). The van der Waals surface area contributed by atoms with E-state index in [1.54, 1.807) is 0 Å². The van der Waals surface area contributed by atoms with Gasteiger partial charge < -0.3 is 14.8 Å². The van der Waals surface area contributed by atoms with Crippen LogP contribution in [0.15, 0.2) is 0 Å². The molecular weight excluding hydrogens is 230 g/mol. The number of hydrogen-bond donors (Lipinski definition) is 2. The van der Waals surface area contributed by atoms with Gasteiger partial charge in [0, 0.05) is 25.5 Å². The Hall–Kier alpha value is -0.750. The van der Waals surface area contributed by atoms with Crippen LogP contribution in [0.25, 0.3) is 0 Å². The van der Waals surface area contributed by atoms with Gasteiger partial charge in [0.2, 0.25) is 5.91 Å². The number of nitrogens with one attached hydrogen (secondary N) is 1. The molecule has 6 heteroatoms. The van der Waals surface area contributed by atoms with Crippen LogP contribution in [0.2, 0.25) is 0 Å². The maximum Gasteiger partial charge on any atom is 0.329 e. The highest BCUT2D eigenvalue weighted by Crippen LogP contribution is 2.11. The van der Waals surface area contributed by atoms with Crippen LogP contribution in [0.4, 0.5) is 0 Å². The third-order valence-electron chi connectivity index (χ3n) is 2.30. The number of amides is 1. The highest BCUT2D eigenvalue weighted by molar-refractivity contribution is 7.80. The Morgan fingerprint density at radius 3 is 2.62 bits per heavy atom. The van der Waals surface area contributed by atoms with Gasteiger partial charge >= 0.3 is 5.97 Å². The first kappa shape index (κ1) is 13.3. The average molecular weight is 247 g/mol. The van der Waals surface area contributed by atoms with E-state index in [0.29, 0.717) is 26.1 Å². The molecule has 0 aliphatic carbocycles. The number of rotatable bonds is 4. The fourth-order valence-electron chi connectivity index (χ4n) is 1.46. The lowest BCUT2D eigenvalue weighted by Gasteiger charge is -2.24. The average Bonchev–Trinajstić information content (AvgIpc) is 2.26. The van der Waals surface area contributed by atoms with Crippen LogP contribution in [0.1, 0.15) is 19.8 Å². The molecule has 16 heavy (non-hydrogen) atoms. The Morgan fingerprint density at radius 2 is 2.12 bits per heavy atom. The van der Waals surface area contributed by atoms with Gasteiger partial charge in [-0.05, 0) is 0 Å². The van der Waals surface area contributed by atoms with Crippen LogP contribution in [0, 0.1) is 0 Å². The third kappa shape index (κ3) is 4.40. The molecule has 1 N–H and O–H groups in total. The van der Waals surface area contributed by atoms with Crippen LogP contribution in [0.3, 0.4) is 0 Å². The van der Waals surface area contributed by atoms with Gasteiger partial charge in [0.25, 0.3) is 0 Å². The zero-order chi connectivity index (χ0) is 12.0. The first-order chi connectivity index (χ1) is 7.63.